The minimum absolute atomic E-state index is 0.189. The van der Waals surface area contributed by atoms with Crippen molar-refractivity contribution in [3.8, 4) is 11.8 Å². The highest BCUT2D eigenvalue weighted by Crippen LogP contribution is 2.31. The van der Waals surface area contributed by atoms with Crippen molar-refractivity contribution in [3.05, 3.63) is 35.1 Å². The van der Waals surface area contributed by atoms with Crippen molar-refractivity contribution in [2.45, 2.75) is 43.1 Å². The average Bonchev–Trinajstić information content (AvgIpc) is 2.45. The third-order valence-corrected chi connectivity index (χ3v) is 4.82. The third-order valence-electron chi connectivity index (χ3n) is 3.40. The Morgan fingerprint density at radius 3 is 2.79 bits per heavy atom. The van der Waals surface area contributed by atoms with Crippen molar-refractivity contribution < 1.29 is 9.50 Å². The van der Waals surface area contributed by atoms with Gasteiger partial charge in [-0.2, -0.15) is 11.8 Å². The van der Waals surface area contributed by atoms with E-state index in [1.54, 1.807) is 0 Å². The van der Waals surface area contributed by atoms with Crippen LogP contribution >= 0.6 is 11.8 Å². The molecule has 1 aromatic carbocycles. The molecule has 2 rings (SSSR count). The van der Waals surface area contributed by atoms with E-state index in [-0.39, 0.29) is 12.4 Å². The summed E-state index contributed by atoms with van der Waals surface area (Å²) >= 11 is 1.95. The van der Waals surface area contributed by atoms with Crippen molar-refractivity contribution in [2.24, 2.45) is 0 Å². The Balaban J connectivity index is 2.02. The summed E-state index contributed by atoms with van der Waals surface area (Å²) in [6.45, 7) is -0.189. The molecule has 1 nitrogen and oxygen atoms in total. The minimum Gasteiger partial charge on any atom is -0.384 e. The summed E-state index contributed by atoms with van der Waals surface area (Å²) in [5, 5.41) is 9.48. The van der Waals surface area contributed by atoms with E-state index in [0.717, 1.165) is 16.6 Å². The molecule has 0 spiro atoms. The van der Waals surface area contributed by atoms with Gasteiger partial charge < -0.3 is 5.11 Å². The second-order valence-electron chi connectivity index (χ2n) is 4.83. The molecule has 19 heavy (non-hydrogen) atoms. The SMILES string of the molecule is OCC#Cc1cc(F)ccc1CSC1CCCCC1. The molecular formula is C16H19FOS. The summed E-state index contributed by atoms with van der Waals surface area (Å²) < 4.78 is 13.2. The topological polar surface area (TPSA) is 20.2 Å². The van der Waals surface area contributed by atoms with Gasteiger partial charge in [0, 0.05) is 16.6 Å². The molecule has 0 unspecified atom stereocenters. The predicted octanol–water partition coefficient (Wildman–Crippen LogP) is 3.74. The average molecular weight is 278 g/mol. The number of benzene rings is 1. The predicted molar refractivity (Wildman–Crippen MR) is 78.5 cm³/mol. The van der Waals surface area contributed by atoms with Gasteiger partial charge in [0.15, 0.2) is 0 Å². The van der Waals surface area contributed by atoms with Gasteiger partial charge in [-0.1, -0.05) is 37.2 Å². The van der Waals surface area contributed by atoms with E-state index in [0.29, 0.717) is 5.56 Å². The van der Waals surface area contributed by atoms with Gasteiger partial charge >= 0.3 is 0 Å². The number of hydrogen-bond acceptors (Lipinski definition) is 2. The van der Waals surface area contributed by atoms with Crippen molar-refractivity contribution in [1.29, 1.82) is 0 Å². The molecule has 102 valence electrons. The molecular weight excluding hydrogens is 259 g/mol. The lowest BCUT2D eigenvalue weighted by atomic mass is 10.0. The van der Waals surface area contributed by atoms with E-state index in [1.807, 2.05) is 17.8 Å². The van der Waals surface area contributed by atoms with Crippen LogP contribution in [0.3, 0.4) is 0 Å². The first kappa shape index (κ1) is 14.4. The minimum atomic E-state index is -0.270. The van der Waals surface area contributed by atoms with Crippen LogP contribution < -0.4 is 0 Å². The van der Waals surface area contributed by atoms with E-state index in [2.05, 4.69) is 11.8 Å². The van der Waals surface area contributed by atoms with Crippen LogP contribution in [-0.4, -0.2) is 17.0 Å². The van der Waals surface area contributed by atoms with Gasteiger partial charge in [0.1, 0.15) is 12.4 Å². The van der Waals surface area contributed by atoms with Crippen molar-refractivity contribution in [2.75, 3.05) is 6.61 Å². The van der Waals surface area contributed by atoms with Crippen LogP contribution in [0, 0.1) is 17.7 Å². The summed E-state index contributed by atoms with van der Waals surface area (Å²) in [4.78, 5) is 0. The Morgan fingerprint density at radius 2 is 2.05 bits per heavy atom. The van der Waals surface area contributed by atoms with Crippen molar-refractivity contribution in [3.63, 3.8) is 0 Å². The van der Waals surface area contributed by atoms with Gasteiger partial charge in [0.2, 0.25) is 0 Å². The lowest BCUT2D eigenvalue weighted by Gasteiger charge is -2.21. The Kier molecular flexibility index (Phi) is 5.75. The molecule has 0 aliphatic heterocycles. The van der Waals surface area contributed by atoms with Crippen LogP contribution in [0.1, 0.15) is 43.2 Å². The van der Waals surface area contributed by atoms with Gasteiger partial charge in [0.05, 0.1) is 0 Å². The molecule has 1 aromatic rings. The van der Waals surface area contributed by atoms with E-state index < -0.39 is 0 Å². The molecule has 0 amide bonds. The Hall–Kier alpha value is -0.980. The Bertz CT molecular complexity index is 469. The van der Waals surface area contributed by atoms with Crippen LogP contribution in [0.15, 0.2) is 18.2 Å². The molecule has 0 radical (unpaired) electrons. The van der Waals surface area contributed by atoms with Crippen LogP contribution in [0.4, 0.5) is 4.39 Å². The maximum Gasteiger partial charge on any atom is 0.124 e. The van der Waals surface area contributed by atoms with Crippen LogP contribution in [0.5, 0.6) is 0 Å². The number of halogens is 1. The molecule has 0 heterocycles. The lowest BCUT2D eigenvalue weighted by Crippen LogP contribution is -2.08. The molecule has 0 aromatic heterocycles. The van der Waals surface area contributed by atoms with Gasteiger partial charge in [-0.25, -0.2) is 4.39 Å². The molecule has 1 aliphatic carbocycles. The summed E-state index contributed by atoms with van der Waals surface area (Å²) in [7, 11) is 0. The first-order valence-corrected chi connectivity index (χ1v) is 7.84. The molecule has 1 aliphatic rings. The quantitative estimate of drug-likeness (QED) is 0.850. The van der Waals surface area contributed by atoms with Gasteiger partial charge in [-0.15, -0.1) is 0 Å². The van der Waals surface area contributed by atoms with Crippen molar-refractivity contribution in [1.82, 2.24) is 0 Å². The Labute approximate surface area is 118 Å². The second kappa shape index (κ2) is 7.57. The summed E-state index contributed by atoms with van der Waals surface area (Å²) in [6, 6.07) is 4.76. The third kappa shape index (κ3) is 4.56. The zero-order valence-corrected chi connectivity index (χ0v) is 11.8. The largest absolute Gasteiger partial charge is 0.384 e. The fourth-order valence-electron chi connectivity index (χ4n) is 2.37. The lowest BCUT2D eigenvalue weighted by molar-refractivity contribution is 0.350. The fraction of sp³-hybridized carbons (Fsp3) is 0.500. The number of aliphatic hydroxyl groups excluding tert-OH is 1. The highest BCUT2D eigenvalue weighted by Gasteiger charge is 2.14. The normalized spacial score (nSPS) is 15.9. The van der Waals surface area contributed by atoms with E-state index in [9.17, 15) is 4.39 Å². The summed E-state index contributed by atoms with van der Waals surface area (Å²) in [5.74, 6) is 6.04. The Morgan fingerprint density at radius 1 is 1.26 bits per heavy atom. The van der Waals surface area contributed by atoms with E-state index in [4.69, 9.17) is 5.11 Å². The second-order valence-corrected chi connectivity index (χ2v) is 6.12. The highest BCUT2D eigenvalue weighted by molar-refractivity contribution is 7.99. The monoisotopic (exact) mass is 278 g/mol. The van der Waals surface area contributed by atoms with E-state index >= 15 is 0 Å². The van der Waals surface area contributed by atoms with Crippen LogP contribution in [0.25, 0.3) is 0 Å². The first-order valence-electron chi connectivity index (χ1n) is 6.79. The summed E-state index contributed by atoms with van der Waals surface area (Å²) in [5.41, 5.74) is 1.77. The summed E-state index contributed by atoms with van der Waals surface area (Å²) in [6.07, 6.45) is 6.62. The zero-order valence-electron chi connectivity index (χ0n) is 11.0. The van der Waals surface area contributed by atoms with Crippen LogP contribution in [-0.2, 0) is 5.75 Å². The van der Waals surface area contributed by atoms with E-state index in [1.165, 1.54) is 44.2 Å². The maximum atomic E-state index is 13.2. The van der Waals surface area contributed by atoms with Gasteiger partial charge in [-0.3, -0.25) is 0 Å². The molecule has 0 atom stereocenters. The molecule has 1 saturated carbocycles. The highest BCUT2D eigenvalue weighted by atomic mass is 32.2. The van der Waals surface area contributed by atoms with Crippen molar-refractivity contribution >= 4 is 11.8 Å². The first-order chi connectivity index (χ1) is 9.29. The van der Waals surface area contributed by atoms with Crippen LogP contribution in [0.2, 0.25) is 0 Å². The number of hydrogen-bond donors (Lipinski definition) is 1. The number of thioether (sulfide) groups is 1. The fourth-order valence-corrected chi connectivity index (χ4v) is 3.70. The molecule has 1 N–H and O–H groups in total. The van der Waals surface area contributed by atoms with Gasteiger partial charge in [-0.05, 0) is 30.5 Å². The smallest absolute Gasteiger partial charge is 0.124 e. The molecule has 0 saturated heterocycles. The molecule has 1 fully saturated rings. The standard InChI is InChI=1S/C16H19FOS/c17-15-9-8-14(13(11-15)5-4-10-18)12-19-16-6-2-1-3-7-16/h8-9,11,16,18H,1-3,6-7,10,12H2. The zero-order chi connectivity index (χ0) is 13.5. The number of aliphatic hydroxyl groups is 1. The molecule has 0 bridgehead atoms. The van der Waals surface area contributed by atoms with Gasteiger partial charge in [0.25, 0.3) is 0 Å². The maximum absolute atomic E-state index is 13.2. The number of rotatable bonds is 3. The molecule has 3 heteroatoms.